The third-order valence-corrected chi connectivity index (χ3v) is 4.43. The summed E-state index contributed by atoms with van der Waals surface area (Å²) in [7, 11) is 0. The van der Waals surface area contributed by atoms with Gasteiger partial charge >= 0.3 is 0 Å². The van der Waals surface area contributed by atoms with Crippen molar-refractivity contribution in [2.75, 3.05) is 19.6 Å². The Balaban J connectivity index is 2.03. The predicted molar refractivity (Wildman–Crippen MR) is 87.0 cm³/mol. The average Bonchev–Trinajstić information content (AvgIpc) is 3.06. The molecule has 0 radical (unpaired) electrons. The van der Waals surface area contributed by atoms with E-state index in [1.807, 2.05) is 11.8 Å². The van der Waals surface area contributed by atoms with Gasteiger partial charge in [0.05, 0.1) is 6.04 Å². The number of amides is 1. The van der Waals surface area contributed by atoms with Crippen molar-refractivity contribution < 1.29 is 9.18 Å². The fraction of sp³-hybridized carbons (Fsp3) is 0.611. The minimum absolute atomic E-state index is 0.0557. The second-order valence-corrected chi connectivity index (χ2v) is 6.16. The van der Waals surface area contributed by atoms with Crippen molar-refractivity contribution in [2.24, 2.45) is 0 Å². The Hall–Kier alpha value is -1.42. The largest absolute Gasteiger partial charge is 0.337 e. The zero-order chi connectivity index (χ0) is 15.9. The molecular weight excluding hydrogens is 279 g/mol. The van der Waals surface area contributed by atoms with Crippen LogP contribution in [0.25, 0.3) is 0 Å². The van der Waals surface area contributed by atoms with Gasteiger partial charge < -0.3 is 4.90 Å². The summed E-state index contributed by atoms with van der Waals surface area (Å²) >= 11 is 0. The Kier molecular flexibility index (Phi) is 6.37. The van der Waals surface area contributed by atoms with Crippen LogP contribution >= 0.6 is 0 Å². The van der Waals surface area contributed by atoms with Crippen LogP contribution in [-0.4, -0.2) is 41.4 Å². The average molecular weight is 306 g/mol. The highest BCUT2D eigenvalue weighted by Gasteiger charge is 2.27. The maximum atomic E-state index is 13.0. The summed E-state index contributed by atoms with van der Waals surface area (Å²) in [6.45, 7) is 7.51. The SMILES string of the molecule is CCCCN(Cc1ccc(F)cc1)C(=O)[C@@H](C)N1CCCC1. The summed E-state index contributed by atoms with van der Waals surface area (Å²) in [4.78, 5) is 17.0. The standard InChI is InChI=1S/C18H27FN2O/c1-3-4-11-21(14-16-7-9-17(19)10-8-16)18(22)15(2)20-12-5-6-13-20/h7-10,15H,3-6,11-14H2,1-2H3/t15-/m1/s1. The maximum Gasteiger partial charge on any atom is 0.239 e. The van der Waals surface area contributed by atoms with E-state index in [1.165, 1.54) is 25.0 Å². The van der Waals surface area contributed by atoms with Crippen LogP contribution in [0.15, 0.2) is 24.3 Å². The number of benzene rings is 1. The van der Waals surface area contributed by atoms with E-state index in [4.69, 9.17) is 0 Å². The van der Waals surface area contributed by atoms with Crippen LogP contribution in [0.4, 0.5) is 4.39 Å². The van der Waals surface area contributed by atoms with E-state index in [-0.39, 0.29) is 17.8 Å². The first-order chi connectivity index (χ1) is 10.6. The third kappa shape index (κ3) is 4.54. The van der Waals surface area contributed by atoms with Crippen LogP contribution in [0.1, 0.15) is 45.1 Å². The number of carbonyl (C=O) groups is 1. The zero-order valence-corrected chi connectivity index (χ0v) is 13.7. The Labute approximate surface area is 133 Å². The molecule has 1 saturated heterocycles. The lowest BCUT2D eigenvalue weighted by molar-refractivity contribution is -0.136. The number of hydrogen-bond donors (Lipinski definition) is 0. The Morgan fingerprint density at radius 2 is 1.91 bits per heavy atom. The van der Waals surface area contributed by atoms with Gasteiger partial charge in [-0.2, -0.15) is 0 Å². The van der Waals surface area contributed by atoms with Crippen LogP contribution in [0.3, 0.4) is 0 Å². The van der Waals surface area contributed by atoms with Crippen molar-refractivity contribution in [3.63, 3.8) is 0 Å². The van der Waals surface area contributed by atoms with Crippen LogP contribution in [0.2, 0.25) is 0 Å². The summed E-state index contributed by atoms with van der Waals surface area (Å²) < 4.78 is 13.0. The maximum absolute atomic E-state index is 13.0. The lowest BCUT2D eigenvalue weighted by atomic mass is 10.1. The van der Waals surface area contributed by atoms with Gasteiger partial charge in [-0.15, -0.1) is 0 Å². The molecule has 1 aromatic carbocycles. The van der Waals surface area contributed by atoms with Crippen LogP contribution in [0, 0.1) is 5.82 Å². The van der Waals surface area contributed by atoms with E-state index in [1.54, 1.807) is 12.1 Å². The summed E-state index contributed by atoms with van der Waals surface area (Å²) in [6, 6.07) is 6.40. The van der Waals surface area contributed by atoms with Crippen molar-refractivity contribution in [1.82, 2.24) is 9.80 Å². The van der Waals surface area contributed by atoms with Gasteiger partial charge in [0.25, 0.3) is 0 Å². The molecule has 3 nitrogen and oxygen atoms in total. The van der Waals surface area contributed by atoms with Gasteiger partial charge in [0.2, 0.25) is 5.91 Å². The van der Waals surface area contributed by atoms with E-state index in [0.717, 1.165) is 38.0 Å². The number of unbranched alkanes of at least 4 members (excludes halogenated alkanes) is 1. The molecule has 0 aromatic heterocycles. The fourth-order valence-corrected chi connectivity index (χ4v) is 2.98. The summed E-state index contributed by atoms with van der Waals surface area (Å²) in [5.41, 5.74) is 0.986. The molecule has 1 amide bonds. The lowest BCUT2D eigenvalue weighted by Crippen LogP contribution is -2.46. The molecule has 0 N–H and O–H groups in total. The van der Waals surface area contributed by atoms with Gasteiger partial charge in [0.15, 0.2) is 0 Å². The minimum Gasteiger partial charge on any atom is -0.337 e. The Bertz CT molecular complexity index is 468. The second-order valence-electron chi connectivity index (χ2n) is 6.16. The molecule has 4 heteroatoms. The molecule has 1 heterocycles. The topological polar surface area (TPSA) is 23.6 Å². The number of halogens is 1. The van der Waals surface area contributed by atoms with Crippen LogP contribution in [0.5, 0.6) is 0 Å². The van der Waals surface area contributed by atoms with Gasteiger partial charge in [-0.1, -0.05) is 25.5 Å². The third-order valence-electron chi connectivity index (χ3n) is 4.43. The number of likely N-dealkylation sites (tertiary alicyclic amines) is 1. The second kappa shape index (κ2) is 8.28. The molecule has 0 spiro atoms. The minimum atomic E-state index is -0.236. The molecule has 0 unspecified atom stereocenters. The summed E-state index contributed by atoms with van der Waals surface area (Å²) in [5, 5.41) is 0. The molecule has 2 rings (SSSR count). The van der Waals surface area contributed by atoms with Gasteiger partial charge in [-0.25, -0.2) is 4.39 Å². The first-order valence-electron chi connectivity index (χ1n) is 8.39. The fourth-order valence-electron chi connectivity index (χ4n) is 2.98. The highest BCUT2D eigenvalue weighted by Crippen LogP contribution is 2.16. The van der Waals surface area contributed by atoms with Crippen molar-refractivity contribution in [2.45, 2.75) is 52.1 Å². The molecule has 1 aromatic rings. The van der Waals surface area contributed by atoms with E-state index < -0.39 is 0 Å². The van der Waals surface area contributed by atoms with E-state index in [9.17, 15) is 9.18 Å². The number of rotatable bonds is 7. The summed E-state index contributed by atoms with van der Waals surface area (Å²) in [5.74, 6) is -0.0414. The molecule has 22 heavy (non-hydrogen) atoms. The van der Waals surface area contributed by atoms with Gasteiger partial charge in [0, 0.05) is 13.1 Å². The van der Waals surface area contributed by atoms with Gasteiger partial charge in [-0.3, -0.25) is 9.69 Å². The van der Waals surface area contributed by atoms with E-state index >= 15 is 0 Å². The normalized spacial score (nSPS) is 16.7. The highest BCUT2D eigenvalue weighted by atomic mass is 19.1. The smallest absolute Gasteiger partial charge is 0.239 e. The van der Waals surface area contributed by atoms with E-state index in [0.29, 0.717) is 6.54 Å². The Morgan fingerprint density at radius 3 is 2.50 bits per heavy atom. The van der Waals surface area contributed by atoms with Crippen molar-refractivity contribution >= 4 is 5.91 Å². The quantitative estimate of drug-likeness (QED) is 0.770. The molecule has 0 bridgehead atoms. The molecule has 122 valence electrons. The molecule has 1 aliphatic heterocycles. The molecule has 1 aliphatic rings. The van der Waals surface area contributed by atoms with Crippen molar-refractivity contribution in [3.8, 4) is 0 Å². The van der Waals surface area contributed by atoms with E-state index in [2.05, 4.69) is 11.8 Å². The first-order valence-corrected chi connectivity index (χ1v) is 8.39. The van der Waals surface area contributed by atoms with Crippen molar-refractivity contribution in [3.05, 3.63) is 35.6 Å². The van der Waals surface area contributed by atoms with Crippen LogP contribution < -0.4 is 0 Å². The highest BCUT2D eigenvalue weighted by molar-refractivity contribution is 5.81. The molecule has 0 saturated carbocycles. The predicted octanol–water partition coefficient (Wildman–Crippen LogP) is 3.44. The lowest BCUT2D eigenvalue weighted by Gasteiger charge is -2.30. The Morgan fingerprint density at radius 1 is 1.27 bits per heavy atom. The molecule has 1 atom stereocenters. The van der Waals surface area contributed by atoms with Gasteiger partial charge in [0.1, 0.15) is 5.82 Å². The monoisotopic (exact) mass is 306 g/mol. The molecule has 0 aliphatic carbocycles. The zero-order valence-electron chi connectivity index (χ0n) is 13.7. The number of nitrogens with zero attached hydrogens (tertiary/aromatic N) is 2. The van der Waals surface area contributed by atoms with Crippen LogP contribution in [-0.2, 0) is 11.3 Å². The van der Waals surface area contributed by atoms with Gasteiger partial charge in [-0.05, 0) is 57.0 Å². The van der Waals surface area contributed by atoms with Crippen molar-refractivity contribution in [1.29, 1.82) is 0 Å². The number of carbonyl (C=O) groups excluding carboxylic acids is 1. The summed E-state index contributed by atoms with van der Waals surface area (Å²) in [6.07, 6.45) is 4.43. The molecular formula is C18H27FN2O. The first kappa shape index (κ1) is 16.9. The molecule has 1 fully saturated rings. The number of hydrogen-bond acceptors (Lipinski definition) is 2.